The molecule has 0 heterocycles. The van der Waals surface area contributed by atoms with Gasteiger partial charge < -0.3 is 5.73 Å². The van der Waals surface area contributed by atoms with Gasteiger partial charge in [0.15, 0.2) is 0 Å². The van der Waals surface area contributed by atoms with Crippen molar-refractivity contribution in [3.63, 3.8) is 0 Å². The van der Waals surface area contributed by atoms with Gasteiger partial charge in [0.25, 0.3) is 0 Å². The lowest BCUT2D eigenvalue weighted by Gasteiger charge is -2.26. The van der Waals surface area contributed by atoms with Crippen molar-refractivity contribution in [3.8, 4) is 0 Å². The minimum atomic E-state index is -5.69. The number of aryl methyl sites for hydroxylation is 1. The highest BCUT2D eigenvalue weighted by Crippen LogP contribution is 2.43. The second kappa shape index (κ2) is 4.42. The van der Waals surface area contributed by atoms with E-state index in [1.165, 1.54) is 6.07 Å². The van der Waals surface area contributed by atoms with Crippen LogP contribution < -0.4 is 5.73 Å². The highest BCUT2D eigenvalue weighted by atomic mass is 35.5. The molecule has 1 atom stereocenters. The molecule has 1 rings (SSSR count). The molecule has 1 aromatic carbocycles. The number of alkyl halides is 5. The van der Waals surface area contributed by atoms with Gasteiger partial charge in [0.1, 0.15) is 6.04 Å². The fourth-order valence-electron chi connectivity index (χ4n) is 1.19. The third-order valence-corrected chi connectivity index (χ3v) is 2.73. The average molecular weight is 274 g/mol. The van der Waals surface area contributed by atoms with Crippen LogP contribution >= 0.6 is 11.6 Å². The third kappa shape index (κ3) is 2.69. The Bertz CT molecular complexity index is 416. The summed E-state index contributed by atoms with van der Waals surface area (Å²) in [6.45, 7) is 1.60. The fraction of sp³-hybridized carbons (Fsp3) is 0.400. The van der Waals surface area contributed by atoms with E-state index in [0.29, 0.717) is 5.56 Å². The molecular weight excluding hydrogens is 265 g/mol. The monoisotopic (exact) mass is 273 g/mol. The number of hydrogen-bond acceptors (Lipinski definition) is 1. The van der Waals surface area contributed by atoms with Crippen LogP contribution in [0.4, 0.5) is 22.0 Å². The standard InChI is InChI=1S/C10H9ClF5N/c1-5-2-3-6(4-7(5)11)8(17)9(12,13)10(14,15)16/h2-4,8H,17H2,1H3/t8-/m0/s1. The summed E-state index contributed by atoms with van der Waals surface area (Å²) >= 11 is 5.64. The lowest BCUT2D eigenvalue weighted by Crippen LogP contribution is -2.45. The molecule has 0 saturated carbocycles. The number of nitrogens with two attached hydrogens (primary N) is 1. The molecule has 7 heteroatoms. The first kappa shape index (κ1) is 14.2. The molecule has 0 radical (unpaired) electrons. The largest absolute Gasteiger partial charge is 0.455 e. The molecule has 96 valence electrons. The van der Waals surface area contributed by atoms with Gasteiger partial charge in [-0.05, 0) is 24.1 Å². The number of hydrogen-bond donors (Lipinski definition) is 1. The van der Waals surface area contributed by atoms with Gasteiger partial charge in [-0.15, -0.1) is 0 Å². The number of rotatable bonds is 2. The zero-order valence-corrected chi connectivity index (χ0v) is 9.41. The van der Waals surface area contributed by atoms with Crippen molar-refractivity contribution in [2.45, 2.75) is 25.1 Å². The van der Waals surface area contributed by atoms with Gasteiger partial charge in [0, 0.05) is 5.02 Å². The Morgan fingerprint density at radius 2 is 1.71 bits per heavy atom. The van der Waals surface area contributed by atoms with Gasteiger partial charge in [-0.2, -0.15) is 22.0 Å². The Labute approximate surface area is 99.4 Å². The molecule has 0 bridgehead atoms. The molecule has 1 nitrogen and oxygen atoms in total. The highest BCUT2D eigenvalue weighted by Gasteiger charge is 2.61. The van der Waals surface area contributed by atoms with Crippen LogP contribution in [0.15, 0.2) is 18.2 Å². The predicted molar refractivity (Wildman–Crippen MR) is 54.1 cm³/mol. The van der Waals surface area contributed by atoms with Crippen LogP contribution in [-0.4, -0.2) is 12.1 Å². The Hall–Kier alpha value is -0.880. The predicted octanol–water partition coefficient (Wildman–Crippen LogP) is 3.85. The SMILES string of the molecule is Cc1ccc([C@H](N)C(F)(F)C(F)(F)F)cc1Cl. The van der Waals surface area contributed by atoms with Crippen molar-refractivity contribution in [1.82, 2.24) is 0 Å². The zero-order chi connectivity index (χ0) is 13.4. The van der Waals surface area contributed by atoms with Crippen LogP contribution in [0, 0.1) is 6.92 Å². The Morgan fingerprint density at radius 1 is 1.18 bits per heavy atom. The van der Waals surface area contributed by atoms with Crippen LogP contribution in [-0.2, 0) is 0 Å². The quantitative estimate of drug-likeness (QED) is 0.814. The Balaban J connectivity index is 3.12. The first-order valence-corrected chi connectivity index (χ1v) is 4.91. The molecule has 0 aliphatic heterocycles. The van der Waals surface area contributed by atoms with E-state index in [9.17, 15) is 22.0 Å². The van der Waals surface area contributed by atoms with E-state index in [1.807, 2.05) is 0 Å². The minimum absolute atomic E-state index is 0.0934. The van der Waals surface area contributed by atoms with E-state index >= 15 is 0 Å². The van der Waals surface area contributed by atoms with Crippen molar-refractivity contribution in [3.05, 3.63) is 34.3 Å². The van der Waals surface area contributed by atoms with Gasteiger partial charge >= 0.3 is 12.1 Å². The molecule has 1 aromatic rings. The molecule has 0 aromatic heterocycles. The van der Waals surface area contributed by atoms with Crippen molar-refractivity contribution in [2.75, 3.05) is 0 Å². The lowest BCUT2D eigenvalue weighted by molar-refractivity contribution is -0.291. The summed E-state index contributed by atoms with van der Waals surface area (Å²) in [5.74, 6) is -4.99. The second-order valence-electron chi connectivity index (χ2n) is 3.61. The van der Waals surface area contributed by atoms with E-state index < -0.39 is 18.1 Å². The van der Waals surface area contributed by atoms with E-state index in [4.69, 9.17) is 17.3 Å². The van der Waals surface area contributed by atoms with Crippen LogP contribution in [0.2, 0.25) is 5.02 Å². The molecule has 0 aliphatic carbocycles. The summed E-state index contributed by atoms with van der Waals surface area (Å²) in [6, 6.07) is 0.983. The molecular formula is C10H9ClF5N. The molecule has 17 heavy (non-hydrogen) atoms. The van der Waals surface area contributed by atoms with Crippen molar-refractivity contribution >= 4 is 11.6 Å². The molecule has 2 N–H and O–H groups in total. The van der Waals surface area contributed by atoms with E-state index in [0.717, 1.165) is 12.1 Å². The van der Waals surface area contributed by atoms with Crippen LogP contribution in [0.1, 0.15) is 17.2 Å². The van der Waals surface area contributed by atoms with E-state index in [-0.39, 0.29) is 10.6 Å². The Morgan fingerprint density at radius 3 is 2.12 bits per heavy atom. The third-order valence-electron chi connectivity index (χ3n) is 2.32. The lowest BCUT2D eigenvalue weighted by atomic mass is 10.00. The maximum absolute atomic E-state index is 12.9. The minimum Gasteiger partial charge on any atom is -0.319 e. The highest BCUT2D eigenvalue weighted by molar-refractivity contribution is 6.31. The van der Waals surface area contributed by atoms with Crippen LogP contribution in [0.5, 0.6) is 0 Å². The van der Waals surface area contributed by atoms with Gasteiger partial charge in [-0.3, -0.25) is 0 Å². The van der Waals surface area contributed by atoms with Crippen molar-refractivity contribution in [1.29, 1.82) is 0 Å². The number of halogens is 6. The first-order valence-electron chi connectivity index (χ1n) is 4.53. The fourth-order valence-corrected chi connectivity index (χ4v) is 1.38. The summed E-state index contributed by atoms with van der Waals surface area (Å²) in [4.78, 5) is 0. The first-order chi connectivity index (χ1) is 7.57. The summed E-state index contributed by atoms with van der Waals surface area (Å²) in [5.41, 5.74) is 5.16. The molecule has 0 saturated heterocycles. The maximum atomic E-state index is 12.9. The molecule has 0 aliphatic rings. The normalized spacial score (nSPS) is 14.8. The topological polar surface area (TPSA) is 26.0 Å². The van der Waals surface area contributed by atoms with Gasteiger partial charge in [-0.1, -0.05) is 23.7 Å². The van der Waals surface area contributed by atoms with Gasteiger partial charge in [-0.25, -0.2) is 0 Å². The van der Waals surface area contributed by atoms with E-state index in [1.54, 1.807) is 6.92 Å². The second-order valence-corrected chi connectivity index (χ2v) is 4.01. The summed E-state index contributed by atoms with van der Waals surface area (Å²) < 4.78 is 62.2. The van der Waals surface area contributed by atoms with Crippen LogP contribution in [0.25, 0.3) is 0 Å². The number of benzene rings is 1. The summed E-state index contributed by atoms with van der Waals surface area (Å²) in [6.07, 6.45) is -5.69. The summed E-state index contributed by atoms with van der Waals surface area (Å²) in [5, 5.41) is 0.0934. The summed E-state index contributed by atoms with van der Waals surface area (Å²) in [7, 11) is 0. The molecule has 0 spiro atoms. The molecule has 0 unspecified atom stereocenters. The molecule has 0 fully saturated rings. The molecule has 0 amide bonds. The average Bonchev–Trinajstić information content (AvgIpc) is 2.19. The van der Waals surface area contributed by atoms with Crippen LogP contribution in [0.3, 0.4) is 0 Å². The maximum Gasteiger partial charge on any atom is 0.455 e. The van der Waals surface area contributed by atoms with Gasteiger partial charge in [0.2, 0.25) is 0 Å². The van der Waals surface area contributed by atoms with E-state index in [2.05, 4.69) is 0 Å². The Kier molecular flexibility index (Phi) is 3.69. The van der Waals surface area contributed by atoms with Gasteiger partial charge in [0.05, 0.1) is 0 Å². The van der Waals surface area contributed by atoms with Crippen molar-refractivity contribution in [2.24, 2.45) is 5.73 Å². The zero-order valence-electron chi connectivity index (χ0n) is 8.65. The smallest absolute Gasteiger partial charge is 0.319 e. The van der Waals surface area contributed by atoms with Crippen molar-refractivity contribution < 1.29 is 22.0 Å².